The molecule has 2 aromatic carbocycles. The lowest BCUT2D eigenvalue weighted by atomic mass is 10.0. The van der Waals surface area contributed by atoms with Gasteiger partial charge in [-0.1, -0.05) is 12.5 Å². The molecule has 2 aromatic rings. The van der Waals surface area contributed by atoms with Crippen LogP contribution in [0.5, 0.6) is 23.0 Å². The summed E-state index contributed by atoms with van der Waals surface area (Å²) in [5.41, 5.74) is 1.20. The van der Waals surface area contributed by atoms with E-state index in [2.05, 4.69) is 0 Å². The second-order valence-electron chi connectivity index (χ2n) is 6.92. The van der Waals surface area contributed by atoms with Crippen LogP contribution in [-0.2, 0) is 11.2 Å². The van der Waals surface area contributed by atoms with E-state index in [9.17, 15) is 5.11 Å². The standard InChI is InChI=1S/C24H34O6/c1-4-28-15-16-29-21-10-12-22(13-11-21)30-18-20(25)8-6-5-7-19-9-14-23(26-2)24(17-19)27-3/h9-14,17,20,25H,4-8,15-16,18H2,1-3H3/t20-/m0/s1. The lowest BCUT2D eigenvalue weighted by Crippen LogP contribution is -2.17. The number of hydrogen-bond acceptors (Lipinski definition) is 6. The van der Waals surface area contributed by atoms with Crippen molar-refractivity contribution in [3.05, 3.63) is 48.0 Å². The highest BCUT2D eigenvalue weighted by Crippen LogP contribution is 2.28. The van der Waals surface area contributed by atoms with E-state index in [1.54, 1.807) is 14.2 Å². The molecule has 0 amide bonds. The number of aliphatic hydroxyl groups excluding tert-OH is 1. The Morgan fingerprint density at radius 3 is 2.20 bits per heavy atom. The van der Waals surface area contributed by atoms with Gasteiger partial charge in [-0.15, -0.1) is 0 Å². The molecule has 0 aromatic heterocycles. The summed E-state index contributed by atoms with van der Waals surface area (Å²) in [4.78, 5) is 0. The van der Waals surface area contributed by atoms with E-state index in [0.717, 1.165) is 42.3 Å². The van der Waals surface area contributed by atoms with Crippen LogP contribution >= 0.6 is 0 Å². The molecule has 0 bridgehead atoms. The van der Waals surface area contributed by atoms with Crippen LogP contribution in [0.4, 0.5) is 0 Å². The van der Waals surface area contributed by atoms with Crippen molar-refractivity contribution in [1.82, 2.24) is 0 Å². The minimum Gasteiger partial charge on any atom is -0.493 e. The van der Waals surface area contributed by atoms with Crippen molar-refractivity contribution >= 4 is 0 Å². The third-order valence-electron chi connectivity index (χ3n) is 4.67. The molecule has 0 heterocycles. The zero-order valence-electron chi connectivity index (χ0n) is 18.3. The largest absolute Gasteiger partial charge is 0.493 e. The highest BCUT2D eigenvalue weighted by molar-refractivity contribution is 5.42. The van der Waals surface area contributed by atoms with Crippen LogP contribution < -0.4 is 18.9 Å². The molecule has 0 spiro atoms. The number of methoxy groups -OCH3 is 2. The molecule has 0 aliphatic rings. The van der Waals surface area contributed by atoms with Gasteiger partial charge in [-0.05, 0) is 68.1 Å². The molecule has 0 radical (unpaired) electrons. The van der Waals surface area contributed by atoms with Crippen molar-refractivity contribution in [3.63, 3.8) is 0 Å². The lowest BCUT2D eigenvalue weighted by molar-refractivity contribution is 0.0975. The first-order chi connectivity index (χ1) is 14.7. The Morgan fingerprint density at radius 2 is 1.53 bits per heavy atom. The third kappa shape index (κ3) is 8.51. The normalized spacial score (nSPS) is 11.7. The zero-order valence-corrected chi connectivity index (χ0v) is 18.3. The average molecular weight is 419 g/mol. The van der Waals surface area contributed by atoms with Gasteiger partial charge in [0.05, 0.1) is 26.9 Å². The predicted octanol–water partition coefficient (Wildman–Crippen LogP) is 4.27. The molecule has 1 atom stereocenters. The van der Waals surface area contributed by atoms with Gasteiger partial charge in [0.25, 0.3) is 0 Å². The van der Waals surface area contributed by atoms with Gasteiger partial charge < -0.3 is 28.8 Å². The molecule has 0 aliphatic carbocycles. The van der Waals surface area contributed by atoms with E-state index < -0.39 is 6.10 Å². The second-order valence-corrected chi connectivity index (χ2v) is 6.92. The van der Waals surface area contributed by atoms with E-state index in [0.29, 0.717) is 26.2 Å². The van der Waals surface area contributed by atoms with Crippen LogP contribution in [0.1, 0.15) is 31.7 Å². The molecule has 6 heteroatoms. The number of aryl methyl sites for hydroxylation is 1. The van der Waals surface area contributed by atoms with E-state index >= 15 is 0 Å². The van der Waals surface area contributed by atoms with E-state index in [4.69, 9.17) is 23.7 Å². The Bertz CT molecular complexity index is 716. The third-order valence-corrected chi connectivity index (χ3v) is 4.67. The molecule has 1 N–H and O–H groups in total. The molecule has 0 fully saturated rings. The number of unbranched alkanes of at least 4 members (excludes halogenated alkanes) is 1. The number of rotatable bonds is 15. The van der Waals surface area contributed by atoms with Gasteiger partial charge >= 0.3 is 0 Å². The summed E-state index contributed by atoms with van der Waals surface area (Å²) >= 11 is 0. The smallest absolute Gasteiger partial charge is 0.160 e. The van der Waals surface area contributed by atoms with Gasteiger partial charge in [0.1, 0.15) is 24.7 Å². The van der Waals surface area contributed by atoms with Gasteiger partial charge in [0.15, 0.2) is 11.5 Å². The first-order valence-electron chi connectivity index (χ1n) is 10.5. The molecule has 0 unspecified atom stereocenters. The fourth-order valence-corrected chi connectivity index (χ4v) is 3.02. The number of benzene rings is 2. The summed E-state index contributed by atoms with van der Waals surface area (Å²) < 4.78 is 27.1. The van der Waals surface area contributed by atoms with Crippen LogP contribution in [0.25, 0.3) is 0 Å². The second kappa shape index (κ2) is 13.7. The maximum Gasteiger partial charge on any atom is 0.160 e. The van der Waals surface area contributed by atoms with Crippen molar-refractivity contribution in [2.24, 2.45) is 0 Å². The Morgan fingerprint density at radius 1 is 0.833 bits per heavy atom. The number of ether oxygens (including phenoxy) is 5. The van der Waals surface area contributed by atoms with Gasteiger partial charge in [-0.3, -0.25) is 0 Å². The monoisotopic (exact) mass is 418 g/mol. The summed E-state index contributed by atoms with van der Waals surface area (Å²) in [6.07, 6.45) is 3.05. The zero-order chi connectivity index (χ0) is 21.6. The van der Waals surface area contributed by atoms with Crippen LogP contribution in [0, 0.1) is 0 Å². The highest BCUT2D eigenvalue weighted by atomic mass is 16.5. The molecular weight excluding hydrogens is 384 g/mol. The van der Waals surface area contributed by atoms with Gasteiger partial charge in [0, 0.05) is 6.61 Å². The van der Waals surface area contributed by atoms with Gasteiger partial charge in [-0.25, -0.2) is 0 Å². The van der Waals surface area contributed by atoms with Gasteiger partial charge in [-0.2, -0.15) is 0 Å². The van der Waals surface area contributed by atoms with Crippen LogP contribution in [0.3, 0.4) is 0 Å². The Kier molecular flexibility index (Phi) is 10.9. The van der Waals surface area contributed by atoms with E-state index in [-0.39, 0.29) is 6.61 Å². The number of hydrogen-bond donors (Lipinski definition) is 1. The maximum absolute atomic E-state index is 10.2. The summed E-state index contributed by atoms with van der Waals surface area (Å²) in [5.74, 6) is 2.97. The molecule has 0 aliphatic heterocycles. The van der Waals surface area contributed by atoms with Gasteiger partial charge in [0.2, 0.25) is 0 Å². The quantitative estimate of drug-likeness (QED) is 0.436. The molecule has 2 rings (SSSR count). The fourth-order valence-electron chi connectivity index (χ4n) is 3.02. The average Bonchev–Trinajstić information content (AvgIpc) is 2.78. The summed E-state index contributed by atoms with van der Waals surface area (Å²) in [6.45, 7) is 4.03. The van der Waals surface area contributed by atoms with E-state index in [1.807, 2.05) is 49.4 Å². The first-order valence-corrected chi connectivity index (χ1v) is 10.5. The van der Waals surface area contributed by atoms with Crippen molar-refractivity contribution in [3.8, 4) is 23.0 Å². The van der Waals surface area contributed by atoms with Crippen molar-refractivity contribution in [2.75, 3.05) is 40.6 Å². The molecular formula is C24H34O6. The maximum atomic E-state index is 10.2. The Labute approximate surface area is 179 Å². The lowest BCUT2D eigenvalue weighted by Gasteiger charge is -2.13. The van der Waals surface area contributed by atoms with Crippen molar-refractivity contribution < 1.29 is 28.8 Å². The fraction of sp³-hybridized carbons (Fsp3) is 0.500. The Balaban J connectivity index is 1.62. The van der Waals surface area contributed by atoms with E-state index in [1.165, 1.54) is 5.56 Å². The summed E-state index contributed by atoms with van der Waals surface area (Å²) in [5, 5.41) is 10.2. The van der Waals surface area contributed by atoms with Crippen molar-refractivity contribution in [2.45, 2.75) is 38.7 Å². The highest BCUT2D eigenvalue weighted by Gasteiger charge is 2.07. The topological polar surface area (TPSA) is 66.4 Å². The SMILES string of the molecule is CCOCCOc1ccc(OC[C@@H](O)CCCCc2ccc(OC)c(OC)c2)cc1. The van der Waals surface area contributed by atoms with Crippen LogP contribution in [0.2, 0.25) is 0 Å². The minimum absolute atomic E-state index is 0.279. The van der Waals surface area contributed by atoms with Crippen molar-refractivity contribution in [1.29, 1.82) is 0 Å². The molecule has 0 saturated carbocycles. The molecule has 0 saturated heterocycles. The molecule has 6 nitrogen and oxygen atoms in total. The summed E-state index contributed by atoms with van der Waals surface area (Å²) in [6, 6.07) is 13.4. The van der Waals surface area contributed by atoms with Crippen LogP contribution in [-0.4, -0.2) is 51.9 Å². The minimum atomic E-state index is -0.488. The number of aliphatic hydroxyl groups is 1. The Hall–Kier alpha value is -2.44. The van der Waals surface area contributed by atoms with Crippen LogP contribution in [0.15, 0.2) is 42.5 Å². The molecule has 166 valence electrons. The first kappa shape index (κ1) is 23.8. The summed E-state index contributed by atoms with van der Waals surface area (Å²) in [7, 11) is 3.27. The molecule has 30 heavy (non-hydrogen) atoms. The predicted molar refractivity (Wildman–Crippen MR) is 117 cm³/mol.